The van der Waals surface area contributed by atoms with Gasteiger partial charge >= 0.3 is 0 Å². The lowest BCUT2D eigenvalue weighted by molar-refractivity contribution is 0.236. The predicted molar refractivity (Wildman–Crippen MR) is 68.8 cm³/mol. The van der Waals surface area contributed by atoms with Crippen LogP contribution in [0.1, 0.15) is 31.4 Å². The number of hydrogen-bond acceptors (Lipinski definition) is 4. The first-order valence-corrected chi connectivity index (χ1v) is 8.26. The molecule has 2 saturated carbocycles. The van der Waals surface area contributed by atoms with E-state index in [4.69, 9.17) is 9.52 Å². The number of fused-ring (bicyclic) bond motifs is 2. The lowest BCUT2D eigenvalue weighted by Gasteiger charge is -2.21. The standard InChI is InChI=1S/C13H19NO4S/c15-8-12-3-4-13(18-12)19(16,17)14-7-11-6-9-1-2-10(11)5-9/h3-4,9-11,14-15H,1-2,5-8H2. The number of furan rings is 1. The van der Waals surface area contributed by atoms with Crippen molar-refractivity contribution in [1.29, 1.82) is 0 Å². The average Bonchev–Trinajstić information content (AvgIpc) is 3.11. The van der Waals surface area contributed by atoms with Crippen molar-refractivity contribution in [3.05, 3.63) is 17.9 Å². The Kier molecular flexibility index (Phi) is 3.41. The van der Waals surface area contributed by atoms with E-state index in [-0.39, 0.29) is 17.5 Å². The van der Waals surface area contributed by atoms with Crippen molar-refractivity contribution in [2.75, 3.05) is 6.54 Å². The van der Waals surface area contributed by atoms with E-state index >= 15 is 0 Å². The molecule has 1 heterocycles. The fourth-order valence-electron chi connectivity index (χ4n) is 3.50. The van der Waals surface area contributed by atoms with Gasteiger partial charge in [0.15, 0.2) is 0 Å². The van der Waals surface area contributed by atoms with Crippen molar-refractivity contribution in [1.82, 2.24) is 4.72 Å². The molecular formula is C13H19NO4S. The van der Waals surface area contributed by atoms with Crippen LogP contribution in [0.5, 0.6) is 0 Å². The highest BCUT2D eigenvalue weighted by Crippen LogP contribution is 2.48. The van der Waals surface area contributed by atoms with Crippen molar-refractivity contribution in [2.45, 2.75) is 37.4 Å². The lowest BCUT2D eigenvalue weighted by Crippen LogP contribution is -2.31. The summed E-state index contributed by atoms with van der Waals surface area (Å²) in [5.41, 5.74) is 0. The van der Waals surface area contributed by atoms with Gasteiger partial charge in [-0.1, -0.05) is 6.42 Å². The van der Waals surface area contributed by atoms with Gasteiger partial charge in [0.1, 0.15) is 12.4 Å². The van der Waals surface area contributed by atoms with Crippen molar-refractivity contribution in [2.24, 2.45) is 17.8 Å². The fraction of sp³-hybridized carbons (Fsp3) is 0.692. The van der Waals surface area contributed by atoms with Crippen molar-refractivity contribution >= 4 is 10.0 Å². The van der Waals surface area contributed by atoms with Crippen molar-refractivity contribution in [3.63, 3.8) is 0 Å². The SMILES string of the molecule is O=S(=O)(NCC1CC2CCC1C2)c1ccc(CO)o1. The molecule has 1 aromatic heterocycles. The highest BCUT2D eigenvalue weighted by atomic mass is 32.2. The Balaban J connectivity index is 1.62. The lowest BCUT2D eigenvalue weighted by atomic mass is 9.89. The number of hydrogen-bond donors (Lipinski definition) is 2. The number of rotatable bonds is 5. The minimum absolute atomic E-state index is 0.111. The first-order valence-electron chi connectivity index (χ1n) is 6.77. The number of nitrogens with one attached hydrogen (secondary N) is 1. The fourth-order valence-corrected chi connectivity index (χ4v) is 4.54. The molecule has 3 atom stereocenters. The van der Waals surface area contributed by atoms with Gasteiger partial charge in [0.05, 0.1) is 0 Å². The second-order valence-electron chi connectivity index (χ2n) is 5.67. The first kappa shape index (κ1) is 13.1. The molecule has 2 aliphatic rings. The van der Waals surface area contributed by atoms with Crippen LogP contribution >= 0.6 is 0 Å². The number of sulfonamides is 1. The van der Waals surface area contributed by atoms with E-state index in [0.29, 0.717) is 18.4 Å². The summed E-state index contributed by atoms with van der Waals surface area (Å²) < 4.78 is 31.8. The average molecular weight is 285 g/mol. The highest BCUT2D eigenvalue weighted by molar-refractivity contribution is 7.89. The second-order valence-corrected chi connectivity index (χ2v) is 7.36. The summed E-state index contributed by atoms with van der Waals surface area (Å²) in [5.74, 6) is 2.24. The zero-order valence-corrected chi connectivity index (χ0v) is 11.5. The zero-order chi connectivity index (χ0) is 13.5. The first-order chi connectivity index (χ1) is 9.08. The highest BCUT2D eigenvalue weighted by Gasteiger charge is 2.39. The molecule has 3 rings (SSSR count). The molecule has 2 fully saturated rings. The van der Waals surface area contributed by atoms with Gasteiger partial charge in [0, 0.05) is 6.54 Å². The topological polar surface area (TPSA) is 79.5 Å². The Hall–Kier alpha value is -0.850. The summed E-state index contributed by atoms with van der Waals surface area (Å²) in [6.45, 7) is 0.209. The third-order valence-corrected chi connectivity index (χ3v) is 5.77. The van der Waals surface area contributed by atoms with Crippen LogP contribution in [0, 0.1) is 17.8 Å². The largest absolute Gasteiger partial charge is 0.446 e. The molecule has 5 nitrogen and oxygen atoms in total. The van der Waals surface area contributed by atoms with Gasteiger partial charge in [-0.25, -0.2) is 13.1 Å². The van der Waals surface area contributed by atoms with Gasteiger partial charge in [0.25, 0.3) is 10.0 Å². The van der Waals surface area contributed by atoms with Gasteiger partial charge in [0.2, 0.25) is 5.09 Å². The molecule has 2 aliphatic carbocycles. The van der Waals surface area contributed by atoms with E-state index in [1.54, 1.807) is 0 Å². The van der Waals surface area contributed by atoms with E-state index in [9.17, 15) is 8.42 Å². The van der Waals surface area contributed by atoms with Crippen LogP contribution in [0.3, 0.4) is 0 Å². The number of aliphatic hydroxyl groups excluding tert-OH is 1. The van der Waals surface area contributed by atoms with Crippen LogP contribution < -0.4 is 4.72 Å². The molecule has 0 aliphatic heterocycles. The van der Waals surface area contributed by atoms with Gasteiger partial charge in [-0.15, -0.1) is 0 Å². The van der Waals surface area contributed by atoms with E-state index in [2.05, 4.69) is 4.72 Å². The summed E-state index contributed by atoms with van der Waals surface area (Å²) in [6, 6.07) is 2.86. The summed E-state index contributed by atoms with van der Waals surface area (Å²) in [7, 11) is -3.58. The molecule has 3 unspecified atom stereocenters. The maximum atomic E-state index is 12.0. The third-order valence-electron chi connectivity index (χ3n) is 4.48. The molecule has 1 aromatic rings. The molecule has 2 N–H and O–H groups in total. The van der Waals surface area contributed by atoms with E-state index in [0.717, 1.165) is 12.3 Å². The molecule has 0 radical (unpaired) electrons. The summed E-state index contributed by atoms with van der Waals surface area (Å²) in [4.78, 5) is 0. The second kappa shape index (κ2) is 4.92. The van der Waals surface area contributed by atoms with Crippen LogP contribution in [0.2, 0.25) is 0 Å². The van der Waals surface area contributed by atoms with Gasteiger partial charge in [-0.3, -0.25) is 0 Å². The molecule has 19 heavy (non-hydrogen) atoms. The maximum Gasteiger partial charge on any atom is 0.273 e. The monoisotopic (exact) mass is 285 g/mol. The van der Waals surface area contributed by atoms with Crippen LogP contribution in [0.25, 0.3) is 0 Å². The Morgan fingerprint density at radius 2 is 2.16 bits per heavy atom. The molecule has 0 spiro atoms. The minimum atomic E-state index is -3.58. The van der Waals surface area contributed by atoms with Gasteiger partial charge in [-0.05, 0) is 49.1 Å². The van der Waals surface area contributed by atoms with Crippen LogP contribution in [-0.2, 0) is 16.6 Å². The van der Waals surface area contributed by atoms with Crippen LogP contribution in [0.4, 0.5) is 0 Å². The Bertz CT molecular complexity index is 551. The number of aliphatic hydroxyl groups is 1. The van der Waals surface area contributed by atoms with Crippen molar-refractivity contribution in [3.8, 4) is 0 Å². The molecule has 6 heteroatoms. The van der Waals surface area contributed by atoms with Crippen LogP contribution in [-0.4, -0.2) is 20.1 Å². The van der Waals surface area contributed by atoms with Gasteiger partial charge < -0.3 is 9.52 Å². The molecule has 2 bridgehead atoms. The Morgan fingerprint density at radius 3 is 2.74 bits per heavy atom. The summed E-state index contributed by atoms with van der Waals surface area (Å²) >= 11 is 0. The van der Waals surface area contributed by atoms with Crippen LogP contribution in [0.15, 0.2) is 21.6 Å². The molecule has 0 saturated heterocycles. The molecular weight excluding hydrogens is 266 g/mol. The van der Waals surface area contributed by atoms with E-state index in [1.165, 1.54) is 31.4 Å². The zero-order valence-electron chi connectivity index (χ0n) is 10.7. The van der Waals surface area contributed by atoms with E-state index < -0.39 is 10.0 Å². The Morgan fingerprint density at radius 1 is 1.32 bits per heavy atom. The molecule has 106 valence electrons. The minimum Gasteiger partial charge on any atom is -0.446 e. The molecule has 0 aromatic carbocycles. The smallest absolute Gasteiger partial charge is 0.273 e. The predicted octanol–water partition coefficient (Wildman–Crippen LogP) is 1.49. The van der Waals surface area contributed by atoms with Crippen molar-refractivity contribution < 1.29 is 17.9 Å². The Labute approximate surface area is 113 Å². The summed E-state index contributed by atoms with van der Waals surface area (Å²) in [5, 5.41) is 8.77. The maximum absolute atomic E-state index is 12.0. The normalized spacial score (nSPS) is 30.1. The third kappa shape index (κ3) is 2.57. The summed E-state index contributed by atoms with van der Waals surface area (Å²) in [6.07, 6.45) is 4.97. The molecule has 0 amide bonds. The quantitative estimate of drug-likeness (QED) is 0.859. The van der Waals surface area contributed by atoms with E-state index in [1.807, 2.05) is 0 Å². The van der Waals surface area contributed by atoms with Gasteiger partial charge in [-0.2, -0.15) is 0 Å².